The number of nitrogens with zero attached hydrogens (tertiary/aromatic N) is 2. The summed E-state index contributed by atoms with van der Waals surface area (Å²) in [6, 6.07) is 15.3. The van der Waals surface area contributed by atoms with E-state index in [4.69, 9.17) is 9.47 Å². The Morgan fingerprint density at radius 3 is 2.38 bits per heavy atom. The van der Waals surface area contributed by atoms with Gasteiger partial charge in [-0.15, -0.1) is 11.3 Å². The standard InChI is InChI=1S/C20H16N2O3S/c1-24-17-9-13(10-18(25-2)19(17)23)8-15(11-21)20-22-16(12-26-20)14-6-4-3-5-7-14/h3-10,12,23H,1-2H3/b15-8-. The summed E-state index contributed by atoms with van der Waals surface area (Å²) < 4.78 is 10.3. The van der Waals surface area contributed by atoms with Crippen LogP contribution in [0.1, 0.15) is 10.6 Å². The number of rotatable bonds is 5. The summed E-state index contributed by atoms with van der Waals surface area (Å²) in [5.74, 6) is 0.472. The highest BCUT2D eigenvalue weighted by Crippen LogP contribution is 2.38. The number of ether oxygens (including phenoxy) is 2. The van der Waals surface area contributed by atoms with Gasteiger partial charge in [0.15, 0.2) is 11.5 Å². The molecule has 6 heteroatoms. The molecule has 2 aromatic carbocycles. The molecule has 3 aromatic rings. The predicted octanol–water partition coefficient (Wildman–Crippen LogP) is 4.60. The van der Waals surface area contributed by atoms with E-state index < -0.39 is 0 Å². The molecule has 0 fully saturated rings. The fraction of sp³-hybridized carbons (Fsp3) is 0.100. The van der Waals surface area contributed by atoms with Crippen LogP contribution in [0.5, 0.6) is 17.2 Å². The summed E-state index contributed by atoms with van der Waals surface area (Å²) in [4.78, 5) is 4.57. The molecule has 0 unspecified atom stereocenters. The first-order chi connectivity index (χ1) is 12.7. The first-order valence-electron chi connectivity index (χ1n) is 7.74. The highest BCUT2D eigenvalue weighted by Gasteiger charge is 2.13. The minimum Gasteiger partial charge on any atom is -0.502 e. The largest absolute Gasteiger partial charge is 0.502 e. The molecule has 1 heterocycles. The molecule has 0 aliphatic heterocycles. The first-order valence-corrected chi connectivity index (χ1v) is 8.62. The van der Waals surface area contributed by atoms with E-state index in [1.807, 2.05) is 35.7 Å². The van der Waals surface area contributed by atoms with Gasteiger partial charge >= 0.3 is 0 Å². The van der Waals surface area contributed by atoms with Crippen molar-refractivity contribution in [1.29, 1.82) is 5.26 Å². The third-order valence-corrected chi connectivity index (χ3v) is 4.61. The number of phenolic OH excluding ortho intramolecular Hbond substituents is 1. The second-order valence-corrected chi connectivity index (χ2v) is 6.21. The van der Waals surface area contributed by atoms with Crippen molar-refractivity contribution in [3.63, 3.8) is 0 Å². The highest BCUT2D eigenvalue weighted by atomic mass is 32.1. The Morgan fingerprint density at radius 2 is 1.81 bits per heavy atom. The lowest BCUT2D eigenvalue weighted by atomic mass is 10.1. The van der Waals surface area contributed by atoms with E-state index in [0.29, 0.717) is 16.1 Å². The number of thiazole rings is 1. The zero-order valence-electron chi connectivity index (χ0n) is 14.3. The topological polar surface area (TPSA) is 75.4 Å². The summed E-state index contributed by atoms with van der Waals surface area (Å²) in [5, 5.41) is 22.1. The molecule has 0 aliphatic carbocycles. The zero-order chi connectivity index (χ0) is 18.5. The molecule has 130 valence electrons. The molecule has 0 atom stereocenters. The molecular formula is C20H16N2O3S. The molecule has 5 nitrogen and oxygen atoms in total. The van der Waals surface area contributed by atoms with Crippen LogP contribution in [0, 0.1) is 11.3 Å². The van der Waals surface area contributed by atoms with Crippen molar-refractivity contribution in [1.82, 2.24) is 4.98 Å². The number of hydrogen-bond acceptors (Lipinski definition) is 6. The van der Waals surface area contributed by atoms with Crippen LogP contribution in [0.3, 0.4) is 0 Å². The van der Waals surface area contributed by atoms with Gasteiger partial charge in [0.2, 0.25) is 5.75 Å². The molecule has 0 spiro atoms. The molecule has 0 saturated heterocycles. The molecule has 1 aromatic heterocycles. The van der Waals surface area contributed by atoms with Crippen LogP contribution >= 0.6 is 11.3 Å². The molecule has 0 aliphatic rings. The SMILES string of the molecule is COc1cc(/C=C(/C#N)c2nc(-c3ccccc3)cs2)cc(OC)c1O. The second-order valence-electron chi connectivity index (χ2n) is 5.35. The van der Waals surface area contributed by atoms with Gasteiger partial charge in [0, 0.05) is 10.9 Å². The lowest BCUT2D eigenvalue weighted by Crippen LogP contribution is -1.90. The van der Waals surface area contributed by atoms with Crippen molar-refractivity contribution in [2.75, 3.05) is 14.2 Å². The van der Waals surface area contributed by atoms with Gasteiger partial charge in [-0.3, -0.25) is 0 Å². The summed E-state index contributed by atoms with van der Waals surface area (Å²) in [6.45, 7) is 0. The number of benzene rings is 2. The Labute approximate surface area is 155 Å². The van der Waals surface area contributed by atoms with Gasteiger partial charge in [0.05, 0.1) is 25.5 Å². The van der Waals surface area contributed by atoms with E-state index >= 15 is 0 Å². The Hall–Kier alpha value is -3.30. The maximum atomic E-state index is 10.0. The quantitative estimate of drug-likeness (QED) is 0.670. The van der Waals surface area contributed by atoms with Crippen LogP contribution in [-0.2, 0) is 0 Å². The van der Waals surface area contributed by atoms with Crippen LogP contribution in [0.25, 0.3) is 22.9 Å². The molecule has 0 amide bonds. The second kappa shape index (κ2) is 7.72. The van der Waals surface area contributed by atoms with Crippen molar-refractivity contribution in [2.45, 2.75) is 0 Å². The lowest BCUT2D eigenvalue weighted by molar-refractivity contribution is 0.340. The van der Waals surface area contributed by atoms with Gasteiger partial charge in [0.1, 0.15) is 11.1 Å². The number of nitriles is 1. The van der Waals surface area contributed by atoms with Gasteiger partial charge in [-0.2, -0.15) is 5.26 Å². The lowest BCUT2D eigenvalue weighted by Gasteiger charge is -2.09. The monoisotopic (exact) mass is 364 g/mol. The minimum atomic E-state index is -0.0775. The zero-order valence-corrected chi connectivity index (χ0v) is 15.1. The Bertz CT molecular complexity index is 963. The van der Waals surface area contributed by atoms with Crippen LogP contribution in [0.2, 0.25) is 0 Å². The number of allylic oxidation sites excluding steroid dienone is 1. The molecule has 26 heavy (non-hydrogen) atoms. The maximum absolute atomic E-state index is 10.0. The predicted molar refractivity (Wildman–Crippen MR) is 102 cm³/mol. The first kappa shape index (κ1) is 17.5. The van der Waals surface area contributed by atoms with Crippen molar-refractivity contribution in [3.8, 4) is 34.6 Å². The van der Waals surface area contributed by atoms with E-state index in [1.165, 1.54) is 25.6 Å². The van der Waals surface area contributed by atoms with Crippen LogP contribution in [-0.4, -0.2) is 24.3 Å². The van der Waals surface area contributed by atoms with E-state index in [2.05, 4.69) is 11.1 Å². The third-order valence-electron chi connectivity index (χ3n) is 3.74. The molecule has 1 N–H and O–H groups in total. The fourth-order valence-electron chi connectivity index (χ4n) is 2.44. The molecule has 0 saturated carbocycles. The molecular weight excluding hydrogens is 348 g/mol. The fourth-order valence-corrected chi connectivity index (χ4v) is 3.24. The number of methoxy groups -OCH3 is 2. The average molecular weight is 364 g/mol. The van der Waals surface area contributed by atoms with Gasteiger partial charge < -0.3 is 14.6 Å². The van der Waals surface area contributed by atoms with E-state index in [9.17, 15) is 10.4 Å². The van der Waals surface area contributed by atoms with E-state index in [-0.39, 0.29) is 17.2 Å². The van der Waals surface area contributed by atoms with Crippen molar-refractivity contribution in [2.24, 2.45) is 0 Å². The van der Waals surface area contributed by atoms with E-state index in [1.54, 1.807) is 18.2 Å². The average Bonchev–Trinajstić information content (AvgIpc) is 3.17. The minimum absolute atomic E-state index is 0.0775. The Balaban J connectivity index is 2.00. The molecule has 0 bridgehead atoms. The summed E-state index contributed by atoms with van der Waals surface area (Å²) in [6.07, 6.45) is 1.69. The highest BCUT2D eigenvalue weighted by molar-refractivity contribution is 7.11. The Kier molecular flexibility index (Phi) is 5.20. The third kappa shape index (κ3) is 3.53. The smallest absolute Gasteiger partial charge is 0.200 e. The number of aromatic hydroxyl groups is 1. The summed E-state index contributed by atoms with van der Waals surface area (Å²) in [7, 11) is 2.92. The van der Waals surface area contributed by atoms with Crippen LogP contribution in [0.4, 0.5) is 0 Å². The summed E-state index contributed by atoms with van der Waals surface area (Å²) >= 11 is 1.41. The van der Waals surface area contributed by atoms with Gasteiger partial charge in [-0.05, 0) is 23.8 Å². The molecule has 3 rings (SSSR count). The van der Waals surface area contributed by atoms with Crippen LogP contribution < -0.4 is 9.47 Å². The number of aromatic nitrogens is 1. The van der Waals surface area contributed by atoms with Gasteiger partial charge in [-0.25, -0.2) is 4.98 Å². The summed E-state index contributed by atoms with van der Waals surface area (Å²) in [5.41, 5.74) is 2.92. The number of phenols is 1. The number of hydrogen-bond donors (Lipinski definition) is 1. The Morgan fingerprint density at radius 1 is 1.15 bits per heavy atom. The normalized spacial score (nSPS) is 11.0. The van der Waals surface area contributed by atoms with Crippen molar-refractivity contribution in [3.05, 3.63) is 58.4 Å². The van der Waals surface area contributed by atoms with Gasteiger partial charge in [0.25, 0.3) is 0 Å². The van der Waals surface area contributed by atoms with Crippen LogP contribution in [0.15, 0.2) is 47.8 Å². The van der Waals surface area contributed by atoms with Crippen molar-refractivity contribution >= 4 is 23.0 Å². The van der Waals surface area contributed by atoms with Gasteiger partial charge in [-0.1, -0.05) is 30.3 Å². The maximum Gasteiger partial charge on any atom is 0.200 e. The van der Waals surface area contributed by atoms with E-state index in [0.717, 1.165) is 11.3 Å². The van der Waals surface area contributed by atoms with Crippen molar-refractivity contribution < 1.29 is 14.6 Å². The molecule has 0 radical (unpaired) electrons.